The van der Waals surface area contributed by atoms with Crippen LogP contribution in [0.3, 0.4) is 0 Å². The number of hydrogen-bond acceptors (Lipinski definition) is 5. The van der Waals surface area contributed by atoms with Crippen molar-refractivity contribution in [1.29, 1.82) is 0 Å². The number of oxazole rings is 1. The number of nitrogens with zero attached hydrogens (tertiary/aromatic N) is 3. The van der Waals surface area contributed by atoms with Gasteiger partial charge >= 0.3 is 0 Å². The van der Waals surface area contributed by atoms with E-state index in [1.807, 2.05) is 0 Å². The Morgan fingerprint density at radius 2 is 1.89 bits per heavy atom. The summed E-state index contributed by atoms with van der Waals surface area (Å²) in [4.78, 5) is 30.2. The predicted molar refractivity (Wildman–Crippen MR) is 96.8 cm³/mol. The summed E-state index contributed by atoms with van der Waals surface area (Å²) in [5.41, 5.74) is 1.07. The van der Waals surface area contributed by atoms with Crippen molar-refractivity contribution in [2.24, 2.45) is 0 Å². The van der Waals surface area contributed by atoms with E-state index in [1.54, 1.807) is 32.2 Å². The van der Waals surface area contributed by atoms with Crippen molar-refractivity contribution in [3.8, 4) is 0 Å². The van der Waals surface area contributed by atoms with Crippen LogP contribution >= 0.6 is 0 Å². The number of halogens is 2. The highest BCUT2D eigenvalue weighted by Gasteiger charge is 2.24. The zero-order chi connectivity index (χ0) is 20.0. The number of aromatic nitrogens is 3. The molecule has 0 bridgehead atoms. The van der Waals surface area contributed by atoms with Gasteiger partial charge in [0, 0.05) is 18.0 Å². The maximum absolute atomic E-state index is 13.8. The van der Waals surface area contributed by atoms with Crippen LogP contribution in [0.2, 0.25) is 0 Å². The normalized spacial score (nSPS) is 12.4. The number of H-pyrrole nitrogens is 1. The van der Waals surface area contributed by atoms with Crippen LogP contribution in [0.4, 0.5) is 8.78 Å². The SMILES string of the molecule is C[C@@H](c1n[nH]c(=O)c2cc(F)c(F)cc12)N(C)C(=O)c1ccc2ocnc2c1. The molecule has 9 heteroatoms. The largest absolute Gasteiger partial charge is 0.443 e. The third-order valence-electron chi connectivity index (χ3n) is 4.73. The molecule has 0 radical (unpaired) electrons. The van der Waals surface area contributed by atoms with Gasteiger partial charge < -0.3 is 9.32 Å². The molecule has 0 unspecified atom stereocenters. The van der Waals surface area contributed by atoms with Gasteiger partial charge in [-0.15, -0.1) is 0 Å². The molecule has 1 N–H and O–H groups in total. The van der Waals surface area contributed by atoms with E-state index in [9.17, 15) is 18.4 Å². The van der Waals surface area contributed by atoms with Gasteiger partial charge in [0.2, 0.25) is 0 Å². The van der Waals surface area contributed by atoms with Gasteiger partial charge in [-0.05, 0) is 37.3 Å². The van der Waals surface area contributed by atoms with Gasteiger partial charge in [0.05, 0.1) is 17.1 Å². The molecule has 7 nitrogen and oxygen atoms in total. The van der Waals surface area contributed by atoms with Gasteiger partial charge in [-0.1, -0.05) is 0 Å². The molecule has 4 rings (SSSR count). The monoisotopic (exact) mass is 384 g/mol. The summed E-state index contributed by atoms with van der Waals surface area (Å²) >= 11 is 0. The van der Waals surface area contributed by atoms with E-state index >= 15 is 0 Å². The Morgan fingerprint density at radius 1 is 1.18 bits per heavy atom. The van der Waals surface area contributed by atoms with E-state index in [4.69, 9.17) is 4.42 Å². The number of fused-ring (bicyclic) bond motifs is 2. The second-order valence-electron chi connectivity index (χ2n) is 6.38. The molecule has 28 heavy (non-hydrogen) atoms. The van der Waals surface area contributed by atoms with Crippen molar-refractivity contribution in [2.75, 3.05) is 7.05 Å². The highest BCUT2D eigenvalue weighted by molar-refractivity contribution is 5.97. The number of amides is 1. The predicted octanol–water partition coefficient (Wildman–Crippen LogP) is 3.18. The zero-order valence-corrected chi connectivity index (χ0v) is 14.9. The standard InChI is InChI=1S/C19H14F2N4O3/c1-9(17-11-6-13(20)14(21)7-12(11)18(26)24-23-17)25(2)19(27)10-3-4-16-15(5-10)22-8-28-16/h3-9H,1-2H3,(H,24,26)/t9-/m0/s1. The molecule has 0 saturated carbocycles. The lowest BCUT2D eigenvalue weighted by atomic mass is 10.0. The Bertz CT molecular complexity index is 1280. The molecule has 142 valence electrons. The first-order valence-electron chi connectivity index (χ1n) is 8.34. The van der Waals surface area contributed by atoms with E-state index in [0.717, 1.165) is 12.1 Å². The summed E-state index contributed by atoms with van der Waals surface area (Å²) in [5, 5.41) is 6.34. The van der Waals surface area contributed by atoms with Crippen LogP contribution in [0.1, 0.15) is 29.0 Å². The lowest BCUT2D eigenvalue weighted by Crippen LogP contribution is -2.31. The molecule has 0 spiro atoms. The number of benzene rings is 2. The Labute approximate surface area is 156 Å². The van der Waals surface area contributed by atoms with Gasteiger partial charge in [0.1, 0.15) is 5.52 Å². The van der Waals surface area contributed by atoms with Crippen molar-refractivity contribution >= 4 is 27.8 Å². The third-order valence-corrected chi connectivity index (χ3v) is 4.73. The van der Waals surface area contributed by atoms with E-state index in [0.29, 0.717) is 16.7 Å². The Balaban J connectivity index is 1.75. The minimum absolute atomic E-state index is 0.0411. The molecule has 0 aliphatic heterocycles. The maximum Gasteiger partial charge on any atom is 0.272 e. The van der Waals surface area contributed by atoms with Crippen molar-refractivity contribution in [3.63, 3.8) is 0 Å². The van der Waals surface area contributed by atoms with E-state index in [2.05, 4.69) is 15.2 Å². The molecule has 1 atom stereocenters. The first-order valence-corrected chi connectivity index (χ1v) is 8.34. The number of hydrogen-bond donors (Lipinski definition) is 1. The fourth-order valence-corrected chi connectivity index (χ4v) is 3.05. The average Bonchev–Trinajstić information content (AvgIpc) is 3.16. The van der Waals surface area contributed by atoms with Crippen molar-refractivity contribution in [1.82, 2.24) is 20.1 Å². The number of rotatable bonds is 3. The van der Waals surface area contributed by atoms with Crippen LogP contribution in [0.5, 0.6) is 0 Å². The minimum Gasteiger partial charge on any atom is -0.443 e. The minimum atomic E-state index is -1.13. The average molecular weight is 384 g/mol. The fraction of sp³-hybridized carbons (Fsp3) is 0.158. The van der Waals surface area contributed by atoms with Gasteiger partial charge in [-0.2, -0.15) is 5.10 Å². The molecule has 2 heterocycles. The second-order valence-corrected chi connectivity index (χ2v) is 6.38. The molecular formula is C19H14F2N4O3. The van der Waals surface area contributed by atoms with Gasteiger partial charge in [-0.3, -0.25) is 9.59 Å². The number of carbonyl (C=O) groups is 1. The molecule has 0 saturated heterocycles. The highest BCUT2D eigenvalue weighted by atomic mass is 19.2. The van der Waals surface area contributed by atoms with Crippen LogP contribution < -0.4 is 5.56 Å². The van der Waals surface area contributed by atoms with Gasteiger partial charge in [-0.25, -0.2) is 18.9 Å². The van der Waals surface area contributed by atoms with E-state index < -0.39 is 23.2 Å². The molecule has 2 aromatic heterocycles. The number of nitrogens with one attached hydrogen (secondary N) is 1. The van der Waals surface area contributed by atoms with Gasteiger partial charge in [0.25, 0.3) is 11.5 Å². The maximum atomic E-state index is 13.8. The summed E-state index contributed by atoms with van der Waals surface area (Å²) < 4.78 is 32.5. The highest BCUT2D eigenvalue weighted by Crippen LogP contribution is 2.26. The lowest BCUT2D eigenvalue weighted by Gasteiger charge is -2.25. The molecule has 0 fully saturated rings. The lowest BCUT2D eigenvalue weighted by molar-refractivity contribution is 0.0740. The fourth-order valence-electron chi connectivity index (χ4n) is 3.05. The zero-order valence-electron chi connectivity index (χ0n) is 14.9. The second kappa shape index (κ2) is 6.52. The van der Waals surface area contributed by atoms with Gasteiger partial charge in [0.15, 0.2) is 23.6 Å². The van der Waals surface area contributed by atoms with Crippen molar-refractivity contribution < 1.29 is 18.0 Å². The molecule has 0 aliphatic rings. The Kier molecular flexibility index (Phi) is 4.14. The van der Waals surface area contributed by atoms with E-state index in [-0.39, 0.29) is 22.4 Å². The van der Waals surface area contributed by atoms with Crippen molar-refractivity contribution in [3.05, 3.63) is 70.0 Å². The van der Waals surface area contributed by atoms with Crippen LogP contribution in [0, 0.1) is 11.6 Å². The quantitative estimate of drug-likeness (QED) is 0.586. The summed E-state index contributed by atoms with van der Waals surface area (Å²) in [5.74, 6) is -2.56. The summed E-state index contributed by atoms with van der Waals surface area (Å²) in [6.07, 6.45) is 1.29. The first kappa shape index (κ1) is 17.8. The molecular weight excluding hydrogens is 370 g/mol. The Morgan fingerprint density at radius 3 is 2.64 bits per heavy atom. The number of aromatic amines is 1. The van der Waals surface area contributed by atoms with Crippen LogP contribution in [-0.4, -0.2) is 33.0 Å². The summed E-state index contributed by atoms with van der Waals surface area (Å²) in [6.45, 7) is 1.67. The molecule has 1 amide bonds. The van der Waals surface area contributed by atoms with Crippen LogP contribution in [0.25, 0.3) is 21.9 Å². The molecule has 0 aliphatic carbocycles. The number of carbonyl (C=O) groups excluding carboxylic acids is 1. The van der Waals surface area contributed by atoms with E-state index in [1.165, 1.54) is 11.3 Å². The third kappa shape index (κ3) is 2.81. The molecule has 2 aromatic carbocycles. The van der Waals surface area contributed by atoms with Crippen LogP contribution in [-0.2, 0) is 0 Å². The Hall–Kier alpha value is -3.62. The summed E-state index contributed by atoms with van der Waals surface area (Å²) in [7, 11) is 1.55. The topological polar surface area (TPSA) is 92.1 Å². The van der Waals surface area contributed by atoms with Crippen LogP contribution in [0.15, 0.2) is 45.9 Å². The first-order chi connectivity index (χ1) is 13.4. The molecule has 4 aromatic rings. The smallest absolute Gasteiger partial charge is 0.272 e. The van der Waals surface area contributed by atoms with Crippen molar-refractivity contribution in [2.45, 2.75) is 13.0 Å². The summed E-state index contributed by atoms with van der Waals surface area (Å²) in [6, 6.07) is 5.94.